The van der Waals surface area contributed by atoms with E-state index < -0.39 is 14.7 Å². The zero-order valence-corrected chi connectivity index (χ0v) is 14.0. The quantitative estimate of drug-likeness (QED) is 0.647. The van der Waals surface area contributed by atoms with Crippen molar-refractivity contribution in [1.82, 2.24) is 15.0 Å². The molecule has 0 amide bonds. The number of rotatable bonds is 5. The van der Waals surface area contributed by atoms with Gasteiger partial charge in [-0.1, -0.05) is 30.0 Å². The Kier molecular flexibility index (Phi) is 5.31. The molecule has 0 saturated heterocycles. The lowest BCUT2D eigenvalue weighted by Crippen LogP contribution is -2.07. The number of nitrogens with one attached hydrogen (secondary N) is 1. The molecule has 2 aromatic rings. The van der Waals surface area contributed by atoms with E-state index in [9.17, 15) is 8.42 Å². The first kappa shape index (κ1) is 16.9. The van der Waals surface area contributed by atoms with Gasteiger partial charge in [0.1, 0.15) is 11.9 Å². The van der Waals surface area contributed by atoms with Crippen molar-refractivity contribution in [1.29, 1.82) is 5.26 Å². The highest BCUT2D eigenvalue weighted by molar-refractivity contribution is 7.98. The zero-order valence-electron chi connectivity index (χ0n) is 12.4. The second-order valence-electron chi connectivity index (χ2n) is 4.27. The van der Waals surface area contributed by atoms with Crippen molar-refractivity contribution in [3.8, 4) is 6.07 Å². The summed E-state index contributed by atoms with van der Waals surface area (Å²) in [4.78, 5) is 11.9. The van der Waals surface area contributed by atoms with Gasteiger partial charge in [-0.15, -0.1) is 0 Å². The van der Waals surface area contributed by atoms with E-state index in [4.69, 9.17) is 5.26 Å². The Hall–Kier alpha value is -2.44. The average Bonchev–Trinajstić information content (AvgIpc) is 2.55. The van der Waals surface area contributed by atoms with Crippen LogP contribution in [0.4, 0.5) is 5.95 Å². The minimum Gasteiger partial charge on any atom is -0.329 e. The molecule has 23 heavy (non-hydrogen) atoms. The molecule has 0 aliphatic carbocycles. The maximum Gasteiger partial charge on any atom is 0.231 e. The molecule has 0 unspecified atom stereocenters. The van der Waals surface area contributed by atoms with Gasteiger partial charge in [-0.2, -0.15) is 15.2 Å². The largest absolute Gasteiger partial charge is 0.329 e. The van der Waals surface area contributed by atoms with Crippen molar-refractivity contribution in [3.05, 3.63) is 47.3 Å². The van der Waals surface area contributed by atoms with Gasteiger partial charge in [-0.3, -0.25) is 0 Å². The Morgan fingerprint density at radius 2 is 1.96 bits per heavy atom. The van der Waals surface area contributed by atoms with Crippen molar-refractivity contribution in [2.75, 3.05) is 11.6 Å². The number of allylic oxidation sites excluding steroid dienone is 1. The van der Waals surface area contributed by atoms with Gasteiger partial charge in [0.05, 0.1) is 4.90 Å². The topological polar surface area (TPSA) is 109 Å². The first-order valence-electron chi connectivity index (χ1n) is 6.41. The highest BCUT2D eigenvalue weighted by atomic mass is 32.2. The number of nitrogens with zero attached hydrogens (tertiary/aromatic N) is 4. The average molecular weight is 347 g/mol. The summed E-state index contributed by atoms with van der Waals surface area (Å²) in [6.07, 6.45) is 2.90. The van der Waals surface area contributed by atoms with E-state index in [1.165, 1.54) is 23.9 Å². The van der Waals surface area contributed by atoms with E-state index >= 15 is 0 Å². The van der Waals surface area contributed by atoms with Crippen LogP contribution in [0.25, 0.3) is 0 Å². The molecule has 0 spiro atoms. The van der Waals surface area contributed by atoms with Crippen LogP contribution in [-0.4, -0.2) is 29.6 Å². The van der Waals surface area contributed by atoms with Crippen LogP contribution < -0.4 is 5.32 Å². The first-order chi connectivity index (χ1) is 11.0. The summed E-state index contributed by atoms with van der Waals surface area (Å²) in [5.74, 6) is 0.669. The number of aromatic nitrogens is 3. The van der Waals surface area contributed by atoms with Crippen LogP contribution in [0, 0.1) is 18.3 Å². The predicted octanol–water partition coefficient (Wildman–Crippen LogP) is 2.15. The van der Waals surface area contributed by atoms with Crippen LogP contribution in [0.15, 0.2) is 51.5 Å². The van der Waals surface area contributed by atoms with Crippen LogP contribution in [0.1, 0.15) is 5.82 Å². The minimum atomic E-state index is -3.89. The van der Waals surface area contributed by atoms with E-state index in [1.807, 2.05) is 6.26 Å². The summed E-state index contributed by atoms with van der Waals surface area (Å²) in [5.41, 5.74) is 0. The van der Waals surface area contributed by atoms with Crippen LogP contribution in [0.5, 0.6) is 0 Å². The smallest absolute Gasteiger partial charge is 0.231 e. The fraction of sp³-hybridized carbons (Fsp3) is 0.143. The minimum absolute atomic E-state index is 0.0474. The number of thioether (sulfide) groups is 1. The fourth-order valence-corrected chi connectivity index (χ4v) is 3.14. The molecule has 1 heterocycles. The molecule has 1 aromatic heterocycles. The standard InChI is InChI=1S/C14H13N5O2S2/c1-10-17-13(19-14(18-10)22-2)16-9-12(8-15)23(20,21)11-6-4-3-5-7-11/h3-7,9H,1-2H3,(H,16,17,18,19). The number of hydrogen-bond acceptors (Lipinski definition) is 8. The summed E-state index contributed by atoms with van der Waals surface area (Å²) in [5, 5.41) is 12.3. The van der Waals surface area contributed by atoms with E-state index in [0.29, 0.717) is 11.0 Å². The first-order valence-corrected chi connectivity index (χ1v) is 9.12. The van der Waals surface area contributed by atoms with Crippen LogP contribution in [0.3, 0.4) is 0 Å². The molecule has 7 nitrogen and oxygen atoms in total. The molecule has 0 fully saturated rings. The molecule has 2 rings (SSSR count). The summed E-state index contributed by atoms with van der Waals surface area (Å²) in [7, 11) is -3.89. The van der Waals surface area contributed by atoms with Gasteiger partial charge >= 0.3 is 0 Å². The molecule has 1 aromatic carbocycles. The molecule has 0 aliphatic rings. The maximum absolute atomic E-state index is 12.4. The summed E-state index contributed by atoms with van der Waals surface area (Å²) in [6, 6.07) is 9.43. The maximum atomic E-state index is 12.4. The van der Waals surface area contributed by atoms with Crippen LogP contribution >= 0.6 is 11.8 Å². The molecule has 0 radical (unpaired) electrons. The lowest BCUT2D eigenvalue weighted by molar-refractivity contribution is 0.603. The highest BCUT2D eigenvalue weighted by Crippen LogP contribution is 2.18. The zero-order chi connectivity index (χ0) is 16.9. The summed E-state index contributed by atoms with van der Waals surface area (Å²) < 4.78 is 24.8. The fourth-order valence-electron chi connectivity index (χ4n) is 1.64. The number of anilines is 1. The second kappa shape index (κ2) is 7.21. The number of aryl methyl sites for hydroxylation is 1. The van der Waals surface area contributed by atoms with Gasteiger partial charge < -0.3 is 5.32 Å². The Bertz CT molecular complexity index is 874. The molecular weight excluding hydrogens is 334 g/mol. The highest BCUT2D eigenvalue weighted by Gasteiger charge is 2.20. The van der Waals surface area contributed by atoms with Crippen molar-refractivity contribution in [2.45, 2.75) is 17.0 Å². The van der Waals surface area contributed by atoms with Gasteiger partial charge in [-0.05, 0) is 25.3 Å². The van der Waals surface area contributed by atoms with Gasteiger partial charge in [0, 0.05) is 6.20 Å². The van der Waals surface area contributed by atoms with Crippen molar-refractivity contribution in [3.63, 3.8) is 0 Å². The van der Waals surface area contributed by atoms with Crippen molar-refractivity contribution < 1.29 is 8.42 Å². The van der Waals surface area contributed by atoms with E-state index in [0.717, 1.165) is 6.20 Å². The summed E-state index contributed by atoms with van der Waals surface area (Å²) in [6.45, 7) is 1.70. The lowest BCUT2D eigenvalue weighted by atomic mass is 10.4. The third-order valence-electron chi connectivity index (χ3n) is 2.69. The normalized spacial score (nSPS) is 11.8. The van der Waals surface area contributed by atoms with Crippen LogP contribution in [0.2, 0.25) is 0 Å². The van der Waals surface area contributed by atoms with E-state index in [-0.39, 0.29) is 10.8 Å². The number of sulfone groups is 1. The molecule has 0 bridgehead atoms. The lowest BCUT2D eigenvalue weighted by Gasteiger charge is -2.05. The number of hydrogen-bond donors (Lipinski definition) is 1. The molecule has 0 saturated carbocycles. The monoisotopic (exact) mass is 347 g/mol. The van der Waals surface area contributed by atoms with Crippen LogP contribution in [-0.2, 0) is 9.84 Å². The van der Waals surface area contributed by atoms with Crippen molar-refractivity contribution >= 4 is 27.5 Å². The molecule has 1 N–H and O–H groups in total. The Morgan fingerprint density at radius 1 is 1.26 bits per heavy atom. The third kappa shape index (κ3) is 4.06. The molecule has 0 atom stereocenters. The SMILES string of the molecule is CSc1nc(C)nc(NC=C(C#N)S(=O)(=O)c2ccccc2)n1. The second-order valence-corrected chi connectivity index (χ2v) is 6.97. The van der Waals surface area contributed by atoms with Gasteiger partial charge in [0.2, 0.25) is 15.8 Å². The molecular formula is C14H13N5O2S2. The van der Waals surface area contributed by atoms with E-state index in [1.54, 1.807) is 31.2 Å². The Labute approximate surface area is 138 Å². The summed E-state index contributed by atoms with van der Waals surface area (Å²) >= 11 is 1.33. The number of benzene rings is 1. The third-order valence-corrected chi connectivity index (χ3v) is 4.92. The molecule has 0 aliphatic heterocycles. The van der Waals surface area contributed by atoms with E-state index in [2.05, 4.69) is 20.3 Å². The molecule has 118 valence electrons. The van der Waals surface area contributed by atoms with Crippen molar-refractivity contribution in [2.24, 2.45) is 0 Å². The van der Waals surface area contributed by atoms with Gasteiger partial charge in [0.25, 0.3) is 0 Å². The van der Waals surface area contributed by atoms with Gasteiger partial charge in [-0.25, -0.2) is 13.4 Å². The number of nitriles is 1. The Balaban J connectivity index is 2.34. The van der Waals surface area contributed by atoms with Gasteiger partial charge in [0.15, 0.2) is 10.1 Å². The Morgan fingerprint density at radius 3 is 2.57 bits per heavy atom. The predicted molar refractivity (Wildman–Crippen MR) is 87.3 cm³/mol. The molecule has 9 heteroatoms.